The van der Waals surface area contributed by atoms with E-state index in [1.165, 1.54) is 187 Å². The van der Waals surface area contributed by atoms with Crippen molar-refractivity contribution >= 4 is 0 Å². The van der Waals surface area contributed by atoms with Crippen molar-refractivity contribution < 1.29 is 26.9 Å². The van der Waals surface area contributed by atoms with E-state index in [0.29, 0.717) is 5.56 Å². The minimum Gasteiger partial charge on any atom is -0.201 e. The van der Waals surface area contributed by atoms with Gasteiger partial charge in [-0.25, -0.2) is 22.8 Å². The molecule has 5 aromatic carbocycles. The number of rotatable bonds is 23. The molecule has 0 amide bonds. The highest BCUT2D eigenvalue weighted by atomic mass is 14.9. The number of benzene rings is 5. The zero-order valence-corrected chi connectivity index (χ0v) is 76.9. The van der Waals surface area contributed by atoms with Crippen LogP contribution in [0, 0.1) is 76.1 Å². The SMILES string of the molecule is CCC(C)(CC)c1c[n+](C)c(-c2ccc(C)cc2C)cc1C.CCC(C)(CC)c1c[n+](C)c(-c2ccccc2C)cc1C.CCC(C)(CC)c1c[n+](C)c(-c2ccccc2C)cc1C.CCC(C)(CC)c1cc(-c2ccccc2C)[n+](C)cc1C(C)(CC)CC.[2H]C([2H])([2H])c1ccc(-c2cc(C)c(C(C)(CC)CC)c[n+]2C)c(C)c1. The average molecular weight is 1510 g/mol. The Morgan fingerprint density at radius 3 is 0.670 bits per heavy atom. The number of pyridine rings is 5. The summed E-state index contributed by atoms with van der Waals surface area (Å²) >= 11 is 0. The average Bonchev–Trinajstić information content (AvgIpc) is 0.731. The monoisotopic (exact) mass is 1510 g/mol. The van der Waals surface area contributed by atoms with Gasteiger partial charge in [0.15, 0.2) is 31.0 Å². The first-order valence-corrected chi connectivity index (χ1v) is 42.9. The van der Waals surface area contributed by atoms with Crippen molar-refractivity contribution in [2.75, 3.05) is 0 Å². The van der Waals surface area contributed by atoms with Gasteiger partial charge >= 0.3 is 0 Å². The van der Waals surface area contributed by atoms with E-state index in [-0.39, 0.29) is 32.5 Å². The van der Waals surface area contributed by atoms with E-state index >= 15 is 0 Å². The van der Waals surface area contributed by atoms with Crippen LogP contribution in [0.1, 0.15) is 300 Å². The van der Waals surface area contributed by atoms with Gasteiger partial charge < -0.3 is 0 Å². The maximum atomic E-state index is 7.59. The molecule has 0 unspecified atom stereocenters. The summed E-state index contributed by atoms with van der Waals surface area (Å²) in [6.45, 7) is 61.7. The molecule has 0 fully saturated rings. The van der Waals surface area contributed by atoms with Crippen molar-refractivity contribution in [3.63, 3.8) is 0 Å². The second kappa shape index (κ2) is 39.7. The molecule has 0 radical (unpaired) electrons. The molecule has 0 N–H and O–H groups in total. The van der Waals surface area contributed by atoms with Gasteiger partial charge in [-0.2, -0.15) is 0 Å². The lowest BCUT2D eigenvalue weighted by atomic mass is 9.68. The molecule has 0 saturated carbocycles. The first-order chi connectivity index (χ1) is 54.0. The van der Waals surface area contributed by atoms with Gasteiger partial charge in [-0.3, -0.25) is 0 Å². The summed E-state index contributed by atoms with van der Waals surface area (Å²) in [6.07, 6.45) is 25.6. The molecule has 0 aliphatic rings. The van der Waals surface area contributed by atoms with Crippen LogP contribution in [0.15, 0.2) is 171 Å². The van der Waals surface area contributed by atoms with E-state index in [1.54, 1.807) is 17.7 Å². The standard InChI is InChI=1S/C25H38N.2C21H30N.2C20H28N/c1-9-24(6,10-2)21-17-23(20-16-14-13-15-19(20)5)26(8)18-22(21)25(7,11-3)12-4;2*1-8-21(6,9-2)19-14-22(7)20(13-17(19)5)18-11-10-15(3)12-16(18)4;2*1-7-20(5,8-2)18-14-21(6)19(13-16(18)4)17-12-10-9-11-15(17)3/h13-18H,9-12H2,1-8H3;2*10-14H,8-9H2,1-7H3;2*9-14H,7-8H2,1-6H3/q5*+1/i;3D3;;;. The third-order valence-electron chi connectivity index (χ3n) is 27.9. The fourth-order valence-corrected chi connectivity index (χ4v) is 16.9. The van der Waals surface area contributed by atoms with Crippen LogP contribution in [-0.4, -0.2) is 0 Å². The maximum Gasteiger partial charge on any atom is 0.212 e. The van der Waals surface area contributed by atoms with Crippen LogP contribution in [-0.2, 0) is 67.7 Å². The van der Waals surface area contributed by atoms with Crippen LogP contribution in [0.2, 0.25) is 0 Å². The number of hydrogen-bond acceptors (Lipinski definition) is 0. The Labute approximate surface area is 689 Å². The Morgan fingerprint density at radius 2 is 0.429 bits per heavy atom. The van der Waals surface area contributed by atoms with E-state index in [1.807, 2.05) is 13.0 Å². The highest BCUT2D eigenvalue weighted by molar-refractivity contribution is 5.66. The van der Waals surface area contributed by atoms with Crippen molar-refractivity contribution in [1.29, 1.82) is 0 Å². The molecule has 10 aromatic rings. The van der Waals surface area contributed by atoms with Crippen molar-refractivity contribution in [2.45, 2.75) is 310 Å². The van der Waals surface area contributed by atoms with E-state index in [0.717, 1.165) is 29.7 Å². The van der Waals surface area contributed by atoms with E-state index in [2.05, 4.69) is 397 Å². The molecule has 602 valence electrons. The zero-order chi connectivity index (χ0) is 86.3. The van der Waals surface area contributed by atoms with Gasteiger partial charge in [-0.1, -0.05) is 215 Å². The molecule has 0 spiro atoms. The second-order valence-electron chi connectivity index (χ2n) is 35.0. The summed E-state index contributed by atoms with van der Waals surface area (Å²) in [5.74, 6) is 0. The third kappa shape index (κ3) is 20.9. The predicted molar refractivity (Wildman–Crippen MR) is 485 cm³/mol. The van der Waals surface area contributed by atoms with Crippen LogP contribution < -0.4 is 22.8 Å². The summed E-state index contributed by atoms with van der Waals surface area (Å²) in [5.41, 5.74) is 36.6. The van der Waals surface area contributed by atoms with Crippen LogP contribution in [0.3, 0.4) is 0 Å². The second-order valence-corrected chi connectivity index (χ2v) is 35.0. The fourth-order valence-electron chi connectivity index (χ4n) is 16.9. The first-order valence-electron chi connectivity index (χ1n) is 44.4. The molecule has 0 aliphatic carbocycles. The van der Waals surface area contributed by atoms with Crippen molar-refractivity contribution in [1.82, 2.24) is 0 Å². The lowest BCUT2D eigenvalue weighted by molar-refractivity contribution is -0.661. The van der Waals surface area contributed by atoms with Crippen LogP contribution in [0.25, 0.3) is 56.3 Å². The van der Waals surface area contributed by atoms with Gasteiger partial charge in [0.1, 0.15) is 35.2 Å². The van der Waals surface area contributed by atoms with E-state index in [9.17, 15) is 0 Å². The first kappa shape index (κ1) is 87.8. The van der Waals surface area contributed by atoms with E-state index < -0.39 is 6.85 Å². The fraction of sp³-hybridized carbons (Fsp3) is 0.486. The number of hydrogen-bond donors (Lipinski definition) is 0. The highest BCUT2D eigenvalue weighted by Crippen LogP contribution is 2.44. The number of aryl methyl sites for hydroxylation is 16. The molecule has 5 heteroatoms. The molecule has 0 atom stereocenters. The molecule has 0 aliphatic heterocycles. The molecular formula is C107H154N5+5. The van der Waals surface area contributed by atoms with Crippen LogP contribution >= 0.6 is 0 Å². The third-order valence-corrected chi connectivity index (χ3v) is 27.9. The topological polar surface area (TPSA) is 19.4 Å². The Hall–Kier alpha value is -8.15. The Kier molecular flexibility index (Phi) is 31.2. The smallest absolute Gasteiger partial charge is 0.201 e. The molecule has 5 heterocycles. The lowest BCUT2D eigenvalue weighted by Gasteiger charge is -2.36. The van der Waals surface area contributed by atoms with E-state index in [4.69, 9.17) is 4.11 Å². The molecule has 112 heavy (non-hydrogen) atoms. The van der Waals surface area contributed by atoms with Crippen molar-refractivity contribution in [3.8, 4) is 56.3 Å². The Balaban J connectivity index is 0.000000224. The lowest BCUT2D eigenvalue weighted by Crippen LogP contribution is -2.38. The predicted octanol–water partition coefficient (Wildman–Crippen LogP) is 26.7. The summed E-state index contributed by atoms with van der Waals surface area (Å²) in [6, 6.07) is 49.9. The summed E-state index contributed by atoms with van der Waals surface area (Å²) in [5, 5.41) is 0. The van der Waals surface area contributed by atoms with Gasteiger partial charge in [0.2, 0.25) is 28.5 Å². The normalized spacial score (nSPS) is 12.4. The van der Waals surface area contributed by atoms with Gasteiger partial charge in [-0.15, -0.1) is 0 Å². The van der Waals surface area contributed by atoms with Crippen molar-refractivity contribution in [2.24, 2.45) is 35.2 Å². The largest absolute Gasteiger partial charge is 0.212 e. The van der Waals surface area contributed by atoms with Crippen LogP contribution in [0.4, 0.5) is 0 Å². The highest BCUT2D eigenvalue weighted by Gasteiger charge is 2.38. The number of aromatic nitrogens is 5. The summed E-state index contributed by atoms with van der Waals surface area (Å²) in [4.78, 5) is 0. The maximum absolute atomic E-state index is 7.59. The summed E-state index contributed by atoms with van der Waals surface area (Å²) < 4.78 is 34.1. The quantitative estimate of drug-likeness (QED) is 0.0569. The zero-order valence-electron chi connectivity index (χ0n) is 79.9. The molecule has 0 saturated heterocycles. The van der Waals surface area contributed by atoms with Crippen molar-refractivity contribution in [3.05, 3.63) is 265 Å². The molecule has 5 aromatic heterocycles. The minimum absolute atomic E-state index is 0.181. The Morgan fingerprint density at radius 1 is 0.223 bits per heavy atom. The van der Waals surface area contributed by atoms with Crippen LogP contribution in [0.5, 0.6) is 0 Å². The molecular weight excluding hydrogens is 1360 g/mol. The molecule has 5 nitrogen and oxygen atoms in total. The molecule has 10 rings (SSSR count). The summed E-state index contributed by atoms with van der Waals surface area (Å²) in [7, 11) is 10.8. The number of nitrogens with zero attached hydrogens (tertiary/aromatic N) is 5. The Bertz CT molecular complexity index is 4790. The van der Waals surface area contributed by atoms with Gasteiger partial charge in [-0.05, 0) is 272 Å². The molecule has 0 bridgehead atoms. The van der Waals surface area contributed by atoms with Gasteiger partial charge in [0.05, 0.1) is 0 Å². The van der Waals surface area contributed by atoms with Gasteiger partial charge in [0, 0.05) is 90.1 Å². The minimum atomic E-state index is -2.06. The van der Waals surface area contributed by atoms with Gasteiger partial charge in [0.25, 0.3) is 0 Å².